The van der Waals surface area contributed by atoms with Crippen molar-refractivity contribution in [2.24, 2.45) is 0 Å². The Hall–Kier alpha value is -1.03. The van der Waals surface area contributed by atoms with E-state index in [2.05, 4.69) is 44.0 Å². The zero-order valence-electron chi connectivity index (χ0n) is 10.9. The highest BCUT2D eigenvalue weighted by Crippen LogP contribution is 2.39. The molecular formula is C17H11Br2ClO. The first-order valence-corrected chi connectivity index (χ1v) is 8.68. The van der Waals surface area contributed by atoms with Crippen LogP contribution in [0.3, 0.4) is 0 Å². The number of fused-ring (bicyclic) bond motifs is 1. The van der Waals surface area contributed by atoms with Crippen LogP contribution >= 0.6 is 43.5 Å². The number of ether oxygens (including phenoxy) is 1. The normalized spacial score (nSPS) is 10.8. The van der Waals surface area contributed by atoms with Gasteiger partial charge in [0.25, 0.3) is 0 Å². The fourth-order valence-electron chi connectivity index (χ4n) is 2.18. The van der Waals surface area contributed by atoms with E-state index in [1.165, 1.54) is 0 Å². The van der Waals surface area contributed by atoms with Gasteiger partial charge < -0.3 is 4.74 Å². The molecule has 0 N–H and O–H groups in total. The highest BCUT2D eigenvalue weighted by atomic mass is 79.9. The number of alkyl halides is 1. The fraction of sp³-hybridized carbons (Fsp3) is 0.0588. The molecule has 0 aliphatic heterocycles. The van der Waals surface area contributed by atoms with Gasteiger partial charge in [0.05, 0.1) is 9.50 Å². The predicted molar refractivity (Wildman–Crippen MR) is 95.8 cm³/mol. The molecule has 3 rings (SSSR count). The van der Waals surface area contributed by atoms with Crippen LogP contribution in [0.1, 0.15) is 5.56 Å². The molecule has 106 valence electrons. The quantitative estimate of drug-likeness (QED) is 0.412. The summed E-state index contributed by atoms with van der Waals surface area (Å²) in [6.45, 7) is 0. The molecule has 0 radical (unpaired) electrons. The molecule has 0 amide bonds. The summed E-state index contributed by atoms with van der Waals surface area (Å²) >= 11 is 13.4. The van der Waals surface area contributed by atoms with Crippen LogP contribution in [0.25, 0.3) is 10.8 Å². The van der Waals surface area contributed by atoms with E-state index in [1.54, 1.807) is 0 Å². The van der Waals surface area contributed by atoms with Crippen LogP contribution in [0, 0.1) is 0 Å². The van der Waals surface area contributed by atoms with Crippen molar-refractivity contribution in [2.45, 2.75) is 5.33 Å². The van der Waals surface area contributed by atoms with Gasteiger partial charge in [-0.05, 0) is 38.8 Å². The van der Waals surface area contributed by atoms with Crippen LogP contribution in [-0.4, -0.2) is 0 Å². The Labute approximate surface area is 145 Å². The zero-order valence-corrected chi connectivity index (χ0v) is 14.9. The monoisotopic (exact) mass is 424 g/mol. The first-order chi connectivity index (χ1) is 10.2. The summed E-state index contributed by atoms with van der Waals surface area (Å²) in [5, 5.41) is 3.57. The van der Waals surface area contributed by atoms with Gasteiger partial charge in [0.2, 0.25) is 0 Å². The number of hydrogen-bond acceptors (Lipinski definition) is 1. The van der Waals surface area contributed by atoms with Gasteiger partial charge in [-0.3, -0.25) is 0 Å². The Kier molecular flexibility index (Phi) is 4.53. The van der Waals surface area contributed by atoms with Crippen molar-refractivity contribution in [3.05, 3.63) is 69.7 Å². The summed E-state index contributed by atoms with van der Waals surface area (Å²) in [5.74, 6) is 1.44. The maximum atomic E-state index is 6.27. The molecule has 3 aromatic rings. The van der Waals surface area contributed by atoms with Crippen LogP contribution in [0.15, 0.2) is 59.1 Å². The average molecular weight is 427 g/mol. The molecular weight excluding hydrogens is 415 g/mol. The van der Waals surface area contributed by atoms with E-state index in [-0.39, 0.29) is 0 Å². The van der Waals surface area contributed by atoms with Gasteiger partial charge in [-0.15, -0.1) is 0 Å². The largest absolute Gasteiger partial charge is 0.454 e. The summed E-state index contributed by atoms with van der Waals surface area (Å²) in [4.78, 5) is 0. The van der Waals surface area contributed by atoms with Gasteiger partial charge in [-0.2, -0.15) is 0 Å². The van der Waals surface area contributed by atoms with Crippen molar-refractivity contribution in [1.29, 1.82) is 0 Å². The van der Waals surface area contributed by atoms with Crippen molar-refractivity contribution < 1.29 is 4.74 Å². The van der Waals surface area contributed by atoms with Crippen LogP contribution in [0.2, 0.25) is 5.02 Å². The molecule has 0 fully saturated rings. The maximum absolute atomic E-state index is 6.27. The van der Waals surface area contributed by atoms with E-state index < -0.39 is 0 Å². The van der Waals surface area contributed by atoms with Crippen molar-refractivity contribution in [3.8, 4) is 11.5 Å². The Morgan fingerprint density at radius 2 is 1.76 bits per heavy atom. The van der Waals surface area contributed by atoms with Crippen molar-refractivity contribution in [1.82, 2.24) is 0 Å². The number of hydrogen-bond donors (Lipinski definition) is 0. The minimum Gasteiger partial charge on any atom is -0.454 e. The average Bonchev–Trinajstić information content (AvgIpc) is 2.52. The van der Waals surface area contributed by atoms with E-state index in [9.17, 15) is 0 Å². The second kappa shape index (κ2) is 6.39. The second-order valence-electron chi connectivity index (χ2n) is 4.56. The van der Waals surface area contributed by atoms with Crippen LogP contribution in [0.4, 0.5) is 0 Å². The molecule has 3 aromatic carbocycles. The van der Waals surface area contributed by atoms with Gasteiger partial charge in [-0.25, -0.2) is 0 Å². The van der Waals surface area contributed by atoms with Gasteiger partial charge in [0.15, 0.2) is 0 Å². The maximum Gasteiger partial charge on any atom is 0.150 e. The van der Waals surface area contributed by atoms with Gasteiger partial charge in [0, 0.05) is 10.9 Å². The zero-order chi connectivity index (χ0) is 14.8. The van der Waals surface area contributed by atoms with E-state index in [0.29, 0.717) is 16.1 Å². The van der Waals surface area contributed by atoms with Crippen molar-refractivity contribution in [2.75, 3.05) is 0 Å². The summed E-state index contributed by atoms with van der Waals surface area (Å²) in [7, 11) is 0. The Bertz CT molecular complexity index is 802. The minimum atomic E-state index is 0.604. The lowest BCUT2D eigenvalue weighted by Crippen LogP contribution is -1.92. The first-order valence-electron chi connectivity index (χ1n) is 6.39. The number of rotatable bonds is 3. The lowest BCUT2D eigenvalue weighted by molar-refractivity contribution is 0.477. The smallest absolute Gasteiger partial charge is 0.150 e. The summed E-state index contributed by atoms with van der Waals surface area (Å²) in [6, 6.07) is 17.9. The topological polar surface area (TPSA) is 9.23 Å². The molecule has 0 heterocycles. The molecule has 4 heteroatoms. The van der Waals surface area contributed by atoms with Crippen LogP contribution < -0.4 is 4.74 Å². The van der Waals surface area contributed by atoms with Crippen LogP contribution in [0.5, 0.6) is 11.5 Å². The van der Waals surface area contributed by atoms with Gasteiger partial charge >= 0.3 is 0 Å². The fourth-order valence-corrected chi connectivity index (χ4v) is 3.42. The van der Waals surface area contributed by atoms with Crippen LogP contribution in [-0.2, 0) is 5.33 Å². The minimum absolute atomic E-state index is 0.604. The molecule has 0 aliphatic carbocycles. The third kappa shape index (κ3) is 2.96. The molecule has 0 saturated carbocycles. The first kappa shape index (κ1) is 14.9. The second-order valence-corrected chi connectivity index (χ2v) is 6.32. The lowest BCUT2D eigenvalue weighted by Gasteiger charge is -2.14. The number of halogens is 3. The van der Waals surface area contributed by atoms with Crippen molar-refractivity contribution in [3.63, 3.8) is 0 Å². The van der Waals surface area contributed by atoms with Crippen molar-refractivity contribution >= 4 is 54.2 Å². The van der Waals surface area contributed by atoms with E-state index in [1.807, 2.05) is 42.5 Å². The van der Waals surface area contributed by atoms with E-state index in [4.69, 9.17) is 16.3 Å². The molecule has 0 bridgehead atoms. The van der Waals surface area contributed by atoms with E-state index in [0.717, 1.165) is 26.6 Å². The summed E-state index contributed by atoms with van der Waals surface area (Å²) in [6.07, 6.45) is 0. The Morgan fingerprint density at radius 3 is 2.57 bits per heavy atom. The molecule has 0 spiro atoms. The highest BCUT2D eigenvalue weighted by molar-refractivity contribution is 9.10. The predicted octanol–water partition coefficient (Wildman–Crippen LogP) is 6.94. The Morgan fingerprint density at radius 1 is 0.952 bits per heavy atom. The summed E-state index contributed by atoms with van der Waals surface area (Å²) < 4.78 is 6.99. The number of para-hydroxylation sites is 1. The standard InChI is InChI=1S/C17H11Br2ClO/c18-10-12-5-3-7-14(20)17(12)21-15-9-8-11-4-1-2-6-13(11)16(15)19/h1-9H,10H2. The molecule has 0 atom stereocenters. The Balaban J connectivity index is 2.09. The molecule has 21 heavy (non-hydrogen) atoms. The summed E-state index contributed by atoms with van der Waals surface area (Å²) in [5.41, 5.74) is 1.02. The molecule has 0 saturated heterocycles. The third-order valence-electron chi connectivity index (χ3n) is 3.23. The molecule has 0 aliphatic rings. The SMILES string of the molecule is Clc1cccc(CBr)c1Oc1ccc2ccccc2c1Br. The number of benzene rings is 3. The third-order valence-corrected chi connectivity index (χ3v) is 4.95. The van der Waals surface area contributed by atoms with Gasteiger partial charge in [-0.1, -0.05) is 70.0 Å². The molecule has 1 nitrogen and oxygen atoms in total. The highest BCUT2D eigenvalue weighted by Gasteiger charge is 2.12. The lowest BCUT2D eigenvalue weighted by atomic mass is 10.1. The molecule has 0 unspecified atom stereocenters. The van der Waals surface area contributed by atoms with Gasteiger partial charge in [0.1, 0.15) is 11.5 Å². The van der Waals surface area contributed by atoms with E-state index >= 15 is 0 Å². The molecule has 0 aromatic heterocycles.